The molecule has 0 spiro atoms. The van der Waals surface area contributed by atoms with Crippen LogP contribution in [0.15, 0.2) is 18.2 Å². The van der Waals surface area contributed by atoms with E-state index in [1.54, 1.807) is 4.90 Å². The number of carboxylic acid groups (broad SMARTS) is 1. The lowest BCUT2D eigenvalue weighted by molar-refractivity contribution is -0.384. The van der Waals surface area contributed by atoms with E-state index in [4.69, 9.17) is 5.11 Å². The fourth-order valence-corrected chi connectivity index (χ4v) is 2.36. The highest BCUT2D eigenvalue weighted by molar-refractivity contribution is 5.95. The summed E-state index contributed by atoms with van der Waals surface area (Å²) in [5, 5.41) is 29.2. The number of carboxylic acids is 1. The molecule has 0 bridgehead atoms. The molecule has 0 radical (unpaired) electrons. The van der Waals surface area contributed by atoms with Gasteiger partial charge in [0.25, 0.3) is 5.69 Å². The Bertz CT molecular complexity index is 527. The number of aliphatic hydroxyl groups excluding tert-OH is 1. The van der Waals surface area contributed by atoms with Crippen LogP contribution >= 0.6 is 0 Å². The second-order valence-corrected chi connectivity index (χ2v) is 4.77. The van der Waals surface area contributed by atoms with Crippen LogP contribution in [0.3, 0.4) is 0 Å². The molecule has 1 fully saturated rings. The second kappa shape index (κ2) is 5.87. The van der Waals surface area contributed by atoms with Crippen LogP contribution in [-0.4, -0.2) is 40.3 Å². The van der Waals surface area contributed by atoms with Crippen LogP contribution in [0.1, 0.15) is 29.6 Å². The number of anilines is 1. The Balaban J connectivity index is 2.45. The first-order chi connectivity index (χ1) is 9.54. The SMILES string of the molecule is O=C(O)c1ccc([N+](=O)[O-])cc1N(CCO)C1CCC1. The third-order valence-electron chi connectivity index (χ3n) is 3.59. The fraction of sp³-hybridized carbons (Fsp3) is 0.462. The number of aliphatic hydroxyl groups is 1. The Kier molecular flexibility index (Phi) is 4.19. The van der Waals surface area contributed by atoms with Crippen molar-refractivity contribution >= 4 is 17.3 Å². The number of carbonyl (C=O) groups is 1. The molecule has 0 atom stereocenters. The van der Waals surface area contributed by atoms with Gasteiger partial charge in [-0.05, 0) is 25.3 Å². The fourth-order valence-electron chi connectivity index (χ4n) is 2.36. The van der Waals surface area contributed by atoms with E-state index in [0.29, 0.717) is 5.69 Å². The Labute approximate surface area is 115 Å². The molecule has 2 N–H and O–H groups in total. The lowest BCUT2D eigenvalue weighted by Gasteiger charge is -2.39. The molecule has 1 aromatic rings. The molecule has 0 aliphatic heterocycles. The van der Waals surface area contributed by atoms with Crippen LogP contribution in [0.5, 0.6) is 0 Å². The molecule has 1 aliphatic rings. The summed E-state index contributed by atoms with van der Waals surface area (Å²) in [6, 6.07) is 3.85. The standard InChI is InChI=1S/C13H16N2O5/c16-7-6-14(9-2-1-3-9)12-8-10(15(19)20)4-5-11(12)13(17)18/h4-5,8-9,16H,1-3,6-7H2,(H,17,18). The molecule has 0 heterocycles. The van der Waals surface area contributed by atoms with E-state index in [9.17, 15) is 20.0 Å². The van der Waals surface area contributed by atoms with E-state index in [1.807, 2.05) is 0 Å². The topological polar surface area (TPSA) is 104 Å². The molecule has 7 heteroatoms. The van der Waals surface area contributed by atoms with Crippen LogP contribution in [0.4, 0.5) is 11.4 Å². The van der Waals surface area contributed by atoms with Crippen LogP contribution < -0.4 is 4.90 Å². The van der Waals surface area contributed by atoms with Crippen molar-refractivity contribution in [3.8, 4) is 0 Å². The van der Waals surface area contributed by atoms with E-state index in [2.05, 4.69) is 0 Å². The number of rotatable bonds is 6. The first-order valence-electron chi connectivity index (χ1n) is 6.44. The molecule has 108 valence electrons. The van der Waals surface area contributed by atoms with Gasteiger partial charge in [-0.15, -0.1) is 0 Å². The zero-order valence-electron chi connectivity index (χ0n) is 10.9. The van der Waals surface area contributed by atoms with Gasteiger partial charge in [-0.1, -0.05) is 0 Å². The maximum absolute atomic E-state index is 11.3. The Morgan fingerprint density at radius 1 is 1.45 bits per heavy atom. The minimum Gasteiger partial charge on any atom is -0.478 e. The molecule has 1 aromatic carbocycles. The highest BCUT2D eigenvalue weighted by Gasteiger charge is 2.29. The largest absolute Gasteiger partial charge is 0.478 e. The average molecular weight is 280 g/mol. The molecular weight excluding hydrogens is 264 g/mol. The van der Waals surface area contributed by atoms with Crippen molar-refractivity contribution in [2.45, 2.75) is 25.3 Å². The summed E-state index contributed by atoms with van der Waals surface area (Å²) in [6.07, 6.45) is 2.85. The highest BCUT2D eigenvalue weighted by Crippen LogP contribution is 2.33. The van der Waals surface area contributed by atoms with Crippen LogP contribution in [0.2, 0.25) is 0 Å². The zero-order valence-corrected chi connectivity index (χ0v) is 10.9. The number of nitro benzene ring substituents is 1. The van der Waals surface area contributed by atoms with Gasteiger partial charge in [0.15, 0.2) is 0 Å². The van der Waals surface area contributed by atoms with Gasteiger partial charge in [0.2, 0.25) is 0 Å². The third-order valence-corrected chi connectivity index (χ3v) is 3.59. The monoisotopic (exact) mass is 280 g/mol. The molecule has 0 saturated heterocycles. The maximum atomic E-state index is 11.3. The minimum atomic E-state index is -1.13. The summed E-state index contributed by atoms with van der Waals surface area (Å²) in [5.74, 6) is -1.13. The average Bonchev–Trinajstić information content (AvgIpc) is 2.35. The third kappa shape index (κ3) is 2.72. The summed E-state index contributed by atoms with van der Waals surface area (Å²) in [7, 11) is 0. The molecular formula is C13H16N2O5. The van der Waals surface area contributed by atoms with Gasteiger partial charge < -0.3 is 15.1 Å². The summed E-state index contributed by atoms with van der Waals surface area (Å²) in [5.41, 5.74) is 0.189. The first-order valence-corrected chi connectivity index (χ1v) is 6.44. The van der Waals surface area contributed by atoms with E-state index in [0.717, 1.165) is 19.3 Å². The van der Waals surface area contributed by atoms with Crippen LogP contribution in [0.25, 0.3) is 0 Å². The summed E-state index contributed by atoms with van der Waals surface area (Å²) in [4.78, 5) is 23.4. The van der Waals surface area contributed by atoms with Crippen molar-refractivity contribution < 1.29 is 19.9 Å². The number of non-ortho nitro benzene ring substituents is 1. The van der Waals surface area contributed by atoms with Crippen molar-refractivity contribution in [3.05, 3.63) is 33.9 Å². The maximum Gasteiger partial charge on any atom is 0.337 e. The minimum absolute atomic E-state index is 0.0240. The number of benzene rings is 1. The molecule has 1 saturated carbocycles. The quantitative estimate of drug-likeness (QED) is 0.606. The molecule has 0 amide bonds. The smallest absolute Gasteiger partial charge is 0.337 e. The van der Waals surface area contributed by atoms with Gasteiger partial charge in [-0.2, -0.15) is 0 Å². The van der Waals surface area contributed by atoms with Crippen molar-refractivity contribution in [2.75, 3.05) is 18.1 Å². The van der Waals surface area contributed by atoms with Gasteiger partial charge in [-0.3, -0.25) is 10.1 Å². The van der Waals surface area contributed by atoms with Crippen LogP contribution in [-0.2, 0) is 0 Å². The Morgan fingerprint density at radius 3 is 2.60 bits per heavy atom. The molecule has 0 unspecified atom stereocenters. The Hall–Kier alpha value is -2.15. The van der Waals surface area contributed by atoms with Crippen molar-refractivity contribution in [3.63, 3.8) is 0 Å². The molecule has 0 aromatic heterocycles. The van der Waals surface area contributed by atoms with Gasteiger partial charge in [0.1, 0.15) is 0 Å². The number of hydrogen-bond acceptors (Lipinski definition) is 5. The van der Waals surface area contributed by atoms with Crippen molar-refractivity contribution in [1.82, 2.24) is 0 Å². The lowest BCUT2D eigenvalue weighted by atomic mass is 9.90. The predicted molar refractivity (Wildman–Crippen MR) is 72.1 cm³/mol. The van der Waals surface area contributed by atoms with Crippen LogP contribution in [0, 0.1) is 10.1 Å². The molecule has 1 aliphatic carbocycles. The van der Waals surface area contributed by atoms with Crippen molar-refractivity contribution in [1.29, 1.82) is 0 Å². The zero-order chi connectivity index (χ0) is 14.7. The summed E-state index contributed by atoms with van der Waals surface area (Å²) in [6.45, 7) is 0.143. The molecule has 20 heavy (non-hydrogen) atoms. The van der Waals surface area contributed by atoms with E-state index >= 15 is 0 Å². The summed E-state index contributed by atoms with van der Waals surface area (Å²) >= 11 is 0. The predicted octanol–water partition coefficient (Wildman–Crippen LogP) is 1.64. The molecule has 2 rings (SSSR count). The van der Waals surface area contributed by atoms with Gasteiger partial charge >= 0.3 is 5.97 Å². The number of aromatic carboxylic acids is 1. The van der Waals surface area contributed by atoms with Gasteiger partial charge in [0, 0.05) is 24.7 Å². The normalized spacial score (nSPS) is 14.7. The number of nitrogens with zero attached hydrogens (tertiary/aromatic N) is 2. The second-order valence-electron chi connectivity index (χ2n) is 4.77. The van der Waals surface area contributed by atoms with E-state index < -0.39 is 10.9 Å². The van der Waals surface area contributed by atoms with E-state index in [-0.39, 0.29) is 30.4 Å². The van der Waals surface area contributed by atoms with Crippen molar-refractivity contribution in [2.24, 2.45) is 0 Å². The highest BCUT2D eigenvalue weighted by atomic mass is 16.6. The molecule has 7 nitrogen and oxygen atoms in total. The first kappa shape index (κ1) is 14.3. The lowest BCUT2D eigenvalue weighted by Crippen LogP contribution is -2.42. The summed E-state index contributed by atoms with van der Waals surface area (Å²) < 4.78 is 0. The Morgan fingerprint density at radius 2 is 2.15 bits per heavy atom. The number of nitro groups is 1. The number of hydrogen-bond donors (Lipinski definition) is 2. The van der Waals surface area contributed by atoms with Gasteiger partial charge in [-0.25, -0.2) is 4.79 Å². The van der Waals surface area contributed by atoms with Gasteiger partial charge in [0.05, 0.1) is 22.8 Å². The van der Waals surface area contributed by atoms with E-state index in [1.165, 1.54) is 18.2 Å².